The molecule has 0 spiro atoms. The standard InChI is InChI=1S/C16H22FN3O3/c1-9(10-4-7-13(18)12(17)8-10)14(15(21)23-3)19-16(22)20(2)11-5-6-11/h4,7-9,11,14H,5-6,18H2,1-3H3,(H,19,22)/t9-,14+/m0/s1. The molecule has 2 atom stereocenters. The Morgan fingerprint density at radius 3 is 2.61 bits per heavy atom. The maximum absolute atomic E-state index is 13.7. The second-order valence-electron chi connectivity index (χ2n) is 5.86. The van der Waals surface area contributed by atoms with Crippen molar-refractivity contribution in [3.8, 4) is 0 Å². The van der Waals surface area contributed by atoms with Gasteiger partial charge in [0.25, 0.3) is 0 Å². The smallest absolute Gasteiger partial charge is 0.329 e. The number of methoxy groups -OCH3 is 1. The van der Waals surface area contributed by atoms with Crippen molar-refractivity contribution in [1.29, 1.82) is 0 Å². The van der Waals surface area contributed by atoms with Gasteiger partial charge in [0.2, 0.25) is 0 Å². The van der Waals surface area contributed by atoms with E-state index in [1.54, 1.807) is 24.9 Å². The summed E-state index contributed by atoms with van der Waals surface area (Å²) >= 11 is 0. The van der Waals surface area contributed by atoms with Gasteiger partial charge < -0.3 is 20.7 Å². The summed E-state index contributed by atoms with van der Waals surface area (Å²) in [6, 6.07) is 3.32. The number of nitrogen functional groups attached to an aromatic ring is 1. The lowest BCUT2D eigenvalue weighted by Crippen LogP contribution is -2.50. The van der Waals surface area contributed by atoms with Crippen molar-refractivity contribution in [2.75, 3.05) is 19.9 Å². The average Bonchev–Trinajstić information content (AvgIpc) is 3.37. The van der Waals surface area contributed by atoms with E-state index in [4.69, 9.17) is 10.5 Å². The van der Waals surface area contributed by atoms with Crippen molar-refractivity contribution >= 4 is 17.7 Å². The highest BCUT2D eigenvalue weighted by Crippen LogP contribution is 2.27. The fourth-order valence-corrected chi connectivity index (χ4v) is 2.40. The number of amides is 2. The van der Waals surface area contributed by atoms with E-state index >= 15 is 0 Å². The number of hydrogen-bond donors (Lipinski definition) is 2. The molecule has 0 aromatic heterocycles. The predicted octanol–water partition coefficient (Wildman–Crippen LogP) is 1.86. The zero-order chi connectivity index (χ0) is 17.1. The number of halogens is 1. The van der Waals surface area contributed by atoms with Crippen LogP contribution in [0.25, 0.3) is 0 Å². The normalized spacial score (nSPS) is 16.3. The zero-order valence-corrected chi connectivity index (χ0v) is 13.5. The number of esters is 1. The van der Waals surface area contributed by atoms with Gasteiger partial charge in [0.15, 0.2) is 0 Å². The fourth-order valence-electron chi connectivity index (χ4n) is 2.40. The summed E-state index contributed by atoms with van der Waals surface area (Å²) < 4.78 is 18.4. The fraction of sp³-hybridized carbons (Fsp3) is 0.500. The lowest BCUT2D eigenvalue weighted by atomic mass is 9.93. The van der Waals surface area contributed by atoms with E-state index in [0.717, 1.165) is 12.8 Å². The second kappa shape index (κ2) is 6.85. The molecule has 6 nitrogen and oxygen atoms in total. The first-order chi connectivity index (χ1) is 10.8. The van der Waals surface area contributed by atoms with Gasteiger partial charge in [-0.05, 0) is 30.5 Å². The third kappa shape index (κ3) is 3.91. The largest absolute Gasteiger partial charge is 0.467 e. The number of rotatable bonds is 5. The van der Waals surface area contributed by atoms with E-state index in [9.17, 15) is 14.0 Å². The molecule has 0 unspecified atom stereocenters. The Balaban J connectivity index is 2.17. The summed E-state index contributed by atoms with van der Waals surface area (Å²) in [7, 11) is 2.94. The molecule has 0 aliphatic heterocycles. The van der Waals surface area contributed by atoms with E-state index < -0.39 is 23.7 Å². The highest BCUT2D eigenvalue weighted by molar-refractivity contribution is 5.84. The molecule has 126 valence electrons. The molecule has 1 aromatic carbocycles. The van der Waals surface area contributed by atoms with Crippen LogP contribution in [0.4, 0.5) is 14.9 Å². The molecule has 7 heteroatoms. The van der Waals surface area contributed by atoms with E-state index in [1.807, 2.05) is 0 Å². The molecular formula is C16H22FN3O3. The van der Waals surface area contributed by atoms with Crippen molar-refractivity contribution < 1.29 is 18.7 Å². The second-order valence-corrected chi connectivity index (χ2v) is 5.86. The number of urea groups is 1. The number of nitrogens with one attached hydrogen (secondary N) is 1. The van der Waals surface area contributed by atoms with Gasteiger partial charge >= 0.3 is 12.0 Å². The van der Waals surface area contributed by atoms with Gasteiger partial charge in [-0.3, -0.25) is 0 Å². The van der Waals surface area contributed by atoms with Crippen LogP contribution in [0.15, 0.2) is 18.2 Å². The summed E-state index contributed by atoms with van der Waals surface area (Å²) in [5, 5.41) is 2.68. The van der Waals surface area contributed by atoms with Crippen molar-refractivity contribution in [1.82, 2.24) is 10.2 Å². The quantitative estimate of drug-likeness (QED) is 0.640. The molecule has 2 amide bonds. The predicted molar refractivity (Wildman–Crippen MR) is 84.3 cm³/mol. The zero-order valence-electron chi connectivity index (χ0n) is 13.5. The topological polar surface area (TPSA) is 84.7 Å². The number of carbonyl (C=O) groups excluding carboxylic acids is 2. The molecule has 0 saturated heterocycles. The molecule has 1 fully saturated rings. The number of benzene rings is 1. The van der Waals surface area contributed by atoms with Crippen molar-refractivity contribution in [3.05, 3.63) is 29.6 Å². The van der Waals surface area contributed by atoms with Gasteiger partial charge in [0.1, 0.15) is 11.9 Å². The van der Waals surface area contributed by atoms with Crippen molar-refractivity contribution in [2.24, 2.45) is 0 Å². The number of nitrogens with two attached hydrogens (primary N) is 1. The Morgan fingerprint density at radius 1 is 1.43 bits per heavy atom. The molecule has 2 rings (SSSR count). The SMILES string of the molecule is COC(=O)[C@H](NC(=O)N(C)C1CC1)[C@@H](C)c1ccc(N)c(F)c1. The maximum atomic E-state index is 13.7. The minimum atomic E-state index is -0.906. The molecular weight excluding hydrogens is 301 g/mol. The lowest BCUT2D eigenvalue weighted by molar-refractivity contribution is -0.143. The average molecular weight is 323 g/mol. The van der Waals surface area contributed by atoms with Gasteiger partial charge in [-0.25, -0.2) is 14.0 Å². The van der Waals surface area contributed by atoms with Crippen molar-refractivity contribution in [2.45, 2.75) is 37.8 Å². The third-order valence-electron chi connectivity index (χ3n) is 4.20. The summed E-state index contributed by atoms with van der Waals surface area (Å²) in [5.74, 6) is -1.60. The van der Waals surface area contributed by atoms with Crippen LogP contribution < -0.4 is 11.1 Å². The molecule has 1 saturated carbocycles. The molecule has 1 aliphatic carbocycles. The molecule has 23 heavy (non-hydrogen) atoms. The van der Waals surface area contributed by atoms with Crippen LogP contribution in [0.3, 0.4) is 0 Å². The van der Waals surface area contributed by atoms with Crippen LogP contribution in [-0.2, 0) is 9.53 Å². The minimum absolute atomic E-state index is 0.0353. The molecule has 0 bridgehead atoms. The van der Waals surface area contributed by atoms with Crippen LogP contribution in [0.5, 0.6) is 0 Å². The molecule has 0 heterocycles. The van der Waals surface area contributed by atoms with Gasteiger partial charge in [-0.1, -0.05) is 13.0 Å². The Hall–Kier alpha value is -2.31. The summed E-state index contributed by atoms with van der Waals surface area (Å²) in [6.07, 6.45) is 1.93. The Bertz CT molecular complexity index is 604. The Kier molecular flexibility index (Phi) is 5.08. The van der Waals surface area contributed by atoms with E-state index in [0.29, 0.717) is 5.56 Å². The van der Waals surface area contributed by atoms with E-state index in [1.165, 1.54) is 19.2 Å². The van der Waals surface area contributed by atoms with E-state index in [2.05, 4.69) is 5.32 Å². The number of hydrogen-bond acceptors (Lipinski definition) is 4. The number of anilines is 1. The number of carbonyl (C=O) groups is 2. The van der Waals surface area contributed by atoms with Crippen LogP contribution in [0, 0.1) is 5.82 Å². The lowest BCUT2D eigenvalue weighted by Gasteiger charge is -2.26. The first-order valence-electron chi connectivity index (χ1n) is 7.51. The molecule has 0 radical (unpaired) electrons. The van der Waals surface area contributed by atoms with Gasteiger partial charge in [0.05, 0.1) is 12.8 Å². The highest BCUT2D eigenvalue weighted by atomic mass is 19.1. The molecule has 1 aliphatic rings. The van der Waals surface area contributed by atoms with Gasteiger partial charge in [0, 0.05) is 19.0 Å². The maximum Gasteiger partial charge on any atom is 0.329 e. The Morgan fingerprint density at radius 2 is 2.09 bits per heavy atom. The van der Waals surface area contributed by atoms with Crippen LogP contribution >= 0.6 is 0 Å². The van der Waals surface area contributed by atoms with Gasteiger partial charge in [-0.2, -0.15) is 0 Å². The van der Waals surface area contributed by atoms with Gasteiger partial charge in [-0.15, -0.1) is 0 Å². The first-order valence-corrected chi connectivity index (χ1v) is 7.51. The minimum Gasteiger partial charge on any atom is -0.467 e. The van der Waals surface area contributed by atoms with Crippen LogP contribution in [0.2, 0.25) is 0 Å². The monoisotopic (exact) mass is 323 g/mol. The first kappa shape index (κ1) is 17.1. The summed E-state index contributed by atoms with van der Waals surface area (Å²) in [6.45, 7) is 1.73. The van der Waals surface area contributed by atoms with Crippen molar-refractivity contribution in [3.63, 3.8) is 0 Å². The molecule has 3 N–H and O–H groups in total. The molecule has 1 aromatic rings. The number of ether oxygens (including phenoxy) is 1. The number of nitrogens with zero attached hydrogens (tertiary/aromatic N) is 1. The van der Waals surface area contributed by atoms with Crippen LogP contribution in [-0.4, -0.2) is 43.1 Å². The Labute approximate surface area is 134 Å². The van der Waals surface area contributed by atoms with Crippen LogP contribution in [0.1, 0.15) is 31.2 Å². The summed E-state index contributed by atoms with van der Waals surface area (Å²) in [5.41, 5.74) is 6.06. The third-order valence-corrected chi connectivity index (χ3v) is 4.20. The summed E-state index contributed by atoms with van der Waals surface area (Å²) in [4.78, 5) is 25.8. The highest BCUT2D eigenvalue weighted by Gasteiger charge is 2.34. The van der Waals surface area contributed by atoms with E-state index in [-0.39, 0.29) is 17.8 Å².